The lowest BCUT2D eigenvalue weighted by molar-refractivity contribution is -0.153. The zero-order valence-corrected chi connectivity index (χ0v) is 16.3. The molecule has 0 aliphatic rings. The van der Waals surface area contributed by atoms with E-state index in [1.807, 2.05) is 0 Å². The molecule has 0 aromatic heterocycles. The molecule has 2 aromatic rings. The van der Waals surface area contributed by atoms with Crippen LogP contribution in [0.1, 0.15) is 10.4 Å². The number of rotatable bonds is 6. The minimum Gasteiger partial charge on any atom is -0.482 e. The molecule has 2 rings (SSSR count). The third kappa shape index (κ3) is 5.37. The average Bonchev–Trinajstić information content (AvgIpc) is 2.60. The van der Waals surface area contributed by atoms with Crippen molar-refractivity contribution in [3.8, 4) is 5.75 Å². The number of alkyl halides is 3. The van der Waals surface area contributed by atoms with Crippen molar-refractivity contribution >= 4 is 33.2 Å². The summed E-state index contributed by atoms with van der Waals surface area (Å²) in [5.74, 6) is -0.918. The summed E-state index contributed by atoms with van der Waals surface area (Å²) in [7, 11) is -1.27. The van der Waals surface area contributed by atoms with Gasteiger partial charge in [0.25, 0.3) is 5.91 Å². The summed E-state index contributed by atoms with van der Waals surface area (Å²) in [4.78, 5) is 12.2. The molecule has 11 heteroatoms. The van der Waals surface area contributed by atoms with Crippen LogP contribution < -0.4 is 10.1 Å². The molecular formula is C17H16ClF3N2O4S. The number of hydrogen-bond acceptors (Lipinski definition) is 4. The van der Waals surface area contributed by atoms with Crippen LogP contribution in [0.5, 0.6) is 5.75 Å². The Labute approximate surface area is 164 Å². The van der Waals surface area contributed by atoms with Crippen LogP contribution in [0.15, 0.2) is 47.4 Å². The Kier molecular flexibility index (Phi) is 6.58. The molecule has 6 nitrogen and oxygen atoms in total. The molecule has 0 saturated heterocycles. The molecule has 0 bridgehead atoms. The van der Waals surface area contributed by atoms with Gasteiger partial charge in [0.15, 0.2) is 6.61 Å². The summed E-state index contributed by atoms with van der Waals surface area (Å²) < 4.78 is 67.4. The van der Waals surface area contributed by atoms with Gasteiger partial charge in [0.1, 0.15) is 10.6 Å². The minimum absolute atomic E-state index is 0.00344. The van der Waals surface area contributed by atoms with Crippen LogP contribution in [0.2, 0.25) is 5.02 Å². The smallest absolute Gasteiger partial charge is 0.422 e. The van der Waals surface area contributed by atoms with Gasteiger partial charge in [-0.1, -0.05) is 23.7 Å². The maximum Gasteiger partial charge on any atom is 0.422 e. The van der Waals surface area contributed by atoms with Gasteiger partial charge in [-0.3, -0.25) is 4.79 Å². The largest absolute Gasteiger partial charge is 0.482 e. The quantitative estimate of drug-likeness (QED) is 0.747. The highest BCUT2D eigenvalue weighted by molar-refractivity contribution is 7.89. The Morgan fingerprint density at radius 2 is 1.82 bits per heavy atom. The molecule has 2 aromatic carbocycles. The Bertz CT molecular complexity index is 979. The van der Waals surface area contributed by atoms with E-state index in [4.69, 9.17) is 16.3 Å². The molecule has 0 fully saturated rings. The van der Waals surface area contributed by atoms with Gasteiger partial charge in [0, 0.05) is 19.7 Å². The lowest BCUT2D eigenvalue weighted by atomic mass is 10.2. The third-order valence-corrected chi connectivity index (χ3v) is 5.78. The van der Waals surface area contributed by atoms with E-state index in [0.29, 0.717) is 0 Å². The number of hydrogen-bond donors (Lipinski definition) is 1. The Morgan fingerprint density at radius 3 is 2.43 bits per heavy atom. The number of carbonyl (C=O) groups is 1. The van der Waals surface area contributed by atoms with Crippen molar-refractivity contribution in [3.05, 3.63) is 53.1 Å². The summed E-state index contributed by atoms with van der Waals surface area (Å²) in [6, 6.07) is 9.21. The van der Waals surface area contributed by atoms with E-state index in [1.165, 1.54) is 50.5 Å². The van der Waals surface area contributed by atoms with E-state index in [9.17, 15) is 26.4 Å². The van der Waals surface area contributed by atoms with Gasteiger partial charge in [0.2, 0.25) is 10.0 Å². The molecule has 0 spiro atoms. The van der Waals surface area contributed by atoms with Crippen molar-refractivity contribution in [2.75, 3.05) is 26.0 Å². The predicted octanol–water partition coefficient (Wildman–Crippen LogP) is 3.78. The highest BCUT2D eigenvalue weighted by Crippen LogP contribution is 2.28. The topological polar surface area (TPSA) is 75.7 Å². The molecule has 1 N–H and O–H groups in total. The minimum atomic E-state index is -4.54. The number of sulfonamides is 1. The first kappa shape index (κ1) is 22.0. The molecule has 152 valence electrons. The van der Waals surface area contributed by atoms with Crippen molar-refractivity contribution in [1.29, 1.82) is 0 Å². The Hall–Kier alpha value is -2.30. The van der Waals surface area contributed by atoms with Crippen LogP contribution >= 0.6 is 11.6 Å². The molecule has 28 heavy (non-hydrogen) atoms. The summed E-state index contributed by atoms with van der Waals surface area (Å²) >= 11 is 5.93. The maximum absolute atomic E-state index is 12.5. The van der Waals surface area contributed by atoms with E-state index in [1.54, 1.807) is 0 Å². The number of carbonyl (C=O) groups excluding carboxylic acids is 1. The van der Waals surface area contributed by atoms with Gasteiger partial charge in [-0.25, -0.2) is 12.7 Å². The second-order valence-corrected chi connectivity index (χ2v) is 8.31. The molecule has 0 radical (unpaired) electrons. The van der Waals surface area contributed by atoms with Crippen LogP contribution in [-0.2, 0) is 10.0 Å². The highest BCUT2D eigenvalue weighted by Gasteiger charge is 2.29. The monoisotopic (exact) mass is 436 g/mol. The molecular weight excluding hydrogens is 421 g/mol. The normalized spacial score (nSPS) is 12.1. The SMILES string of the molecule is CN(C)S(=O)(=O)c1cc(C(=O)Nc2ccccc2OCC(F)(F)F)ccc1Cl. The van der Waals surface area contributed by atoms with E-state index in [-0.39, 0.29) is 26.9 Å². The zero-order valence-electron chi connectivity index (χ0n) is 14.7. The summed E-state index contributed by atoms with van der Waals surface area (Å²) in [5, 5.41) is 2.34. The van der Waals surface area contributed by atoms with Crippen LogP contribution in [0.4, 0.5) is 18.9 Å². The number of amides is 1. The van der Waals surface area contributed by atoms with Gasteiger partial charge in [0.05, 0.1) is 10.7 Å². The molecule has 0 aliphatic heterocycles. The molecule has 0 unspecified atom stereocenters. The van der Waals surface area contributed by atoms with Crippen molar-refractivity contribution in [3.63, 3.8) is 0 Å². The number of halogens is 4. The van der Waals surface area contributed by atoms with Crippen LogP contribution in [-0.4, -0.2) is 45.5 Å². The molecule has 0 heterocycles. The molecule has 0 saturated carbocycles. The van der Waals surface area contributed by atoms with Crippen LogP contribution in [0, 0.1) is 0 Å². The van der Waals surface area contributed by atoms with Crippen molar-refractivity contribution < 1.29 is 31.1 Å². The first-order valence-corrected chi connectivity index (χ1v) is 9.55. The summed E-state index contributed by atoms with van der Waals surface area (Å²) in [5.41, 5.74) is -0.0424. The predicted molar refractivity (Wildman–Crippen MR) is 98.3 cm³/mol. The second kappa shape index (κ2) is 8.38. The van der Waals surface area contributed by atoms with Crippen molar-refractivity contribution in [2.24, 2.45) is 0 Å². The number of nitrogens with zero attached hydrogens (tertiary/aromatic N) is 1. The van der Waals surface area contributed by atoms with Crippen molar-refractivity contribution in [1.82, 2.24) is 4.31 Å². The molecule has 0 atom stereocenters. The first-order chi connectivity index (χ1) is 12.9. The second-order valence-electron chi connectivity index (χ2n) is 5.79. The number of benzene rings is 2. The van der Waals surface area contributed by atoms with Gasteiger partial charge in [-0.15, -0.1) is 0 Å². The standard InChI is InChI=1S/C17H16ClF3N2O4S/c1-23(2)28(25,26)15-9-11(7-8-12(15)18)16(24)22-13-5-3-4-6-14(13)27-10-17(19,20)21/h3-9H,10H2,1-2H3,(H,22,24). The third-order valence-electron chi connectivity index (χ3n) is 3.48. The van der Waals surface area contributed by atoms with E-state index >= 15 is 0 Å². The summed E-state index contributed by atoms with van der Waals surface area (Å²) in [6.45, 7) is -1.52. The molecule has 0 aliphatic carbocycles. The van der Waals surface area contributed by atoms with E-state index in [2.05, 4.69) is 5.32 Å². The number of para-hydroxylation sites is 2. The van der Waals surface area contributed by atoms with E-state index < -0.39 is 28.7 Å². The first-order valence-electron chi connectivity index (χ1n) is 7.74. The fourth-order valence-electron chi connectivity index (χ4n) is 2.09. The molecule has 1 amide bonds. The summed E-state index contributed by atoms with van der Waals surface area (Å²) in [6.07, 6.45) is -4.54. The number of nitrogens with one attached hydrogen (secondary N) is 1. The fourth-order valence-corrected chi connectivity index (χ4v) is 3.48. The van der Waals surface area contributed by atoms with Crippen molar-refractivity contribution in [2.45, 2.75) is 11.1 Å². The van der Waals surface area contributed by atoms with Crippen LogP contribution in [0.25, 0.3) is 0 Å². The number of anilines is 1. The van der Waals surface area contributed by atoms with Gasteiger partial charge in [-0.05, 0) is 30.3 Å². The maximum atomic E-state index is 12.5. The van der Waals surface area contributed by atoms with Gasteiger partial charge < -0.3 is 10.1 Å². The average molecular weight is 437 g/mol. The lowest BCUT2D eigenvalue weighted by Crippen LogP contribution is -2.23. The lowest BCUT2D eigenvalue weighted by Gasteiger charge is -2.15. The number of ether oxygens (including phenoxy) is 1. The fraction of sp³-hybridized carbons (Fsp3) is 0.235. The Morgan fingerprint density at radius 1 is 1.18 bits per heavy atom. The highest BCUT2D eigenvalue weighted by atomic mass is 35.5. The van der Waals surface area contributed by atoms with Gasteiger partial charge >= 0.3 is 6.18 Å². The van der Waals surface area contributed by atoms with Gasteiger partial charge in [-0.2, -0.15) is 13.2 Å². The van der Waals surface area contributed by atoms with E-state index in [0.717, 1.165) is 10.4 Å². The Balaban J connectivity index is 2.30. The van der Waals surface area contributed by atoms with Crippen LogP contribution in [0.3, 0.4) is 0 Å². The zero-order chi connectivity index (χ0) is 21.1.